The highest BCUT2D eigenvalue weighted by atomic mass is 79.9. The minimum absolute atomic E-state index is 0.188. The Morgan fingerprint density at radius 1 is 0.964 bits per heavy atom. The van der Waals surface area contributed by atoms with Gasteiger partial charge in [-0.2, -0.15) is 5.10 Å². The van der Waals surface area contributed by atoms with E-state index in [4.69, 9.17) is 0 Å². The second kappa shape index (κ2) is 8.24. The van der Waals surface area contributed by atoms with Gasteiger partial charge in [-0.3, -0.25) is 25.2 Å². The van der Waals surface area contributed by atoms with Crippen molar-refractivity contribution in [3.63, 3.8) is 0 Å². The number of benzene rings is 2. The van der Waals surface area contributed by atoms with Crippen molar-refractivity contribution in [1.82, 2.24) is 10.2 Å². The molecule has 2 aliphatic heterocycles. The molecule has 0 radical (unpaired) electrons. The molecule has 28 heavy (non-hydrogen) atoms. The Kier molecular flexibility index (Phi) is 5.54. The molecule has 2 heterocycles. The number of hydrogen-bond donors (Lipinski definition) is 2. The predicted octanol–water partition coefficient (Wildman–Crippen LogP) is 3.52. The van der Waals surface area contributed by atoms with Crippen LogP contribution >= 0.6 is 15.9 Å². The van der Waals surface area contributed by atoms with Crippen LogP contribution in [0.5, 0.6) is 0 Å². The zero-order chi connectivity index (χ0) is 19.5. The topological polar surface area (TPSA) is 73.8 Å². The molecule has 2 amide bonds. The second-order valence-corrected chi connectivity index (χ2v) is 7.99. The van der Waals surface area contributed by atoms with E-state index >= 15 is 0 Å². The van der Waals surface area contributed by atoms with Gasteiger partial charge in [0, 0.05) is 22.1 Å². The van der Waals surface area contributed by atoms with Crippen LogP contribution in [0.4, 0.5) is 5.69 Å². The van der Waals surface area contributed by atoms with Gasteiger partial charge in [-0.15, -0.1) is 0 Å². The summed E-state index contributed by atoms with van der Waals surface area (Å²) >= 11 is 3.38. The van der Waals surface area contributed by atoms with Gasteiger partial charge < -0.3 is 0 Å². The third kappa shape index (κ3) is 4.15. The summed E-state index contributed by atoms with van der Waals surface area (Å²) in [5.74, 6) is -0.918. The number of amides is 2. The van der Waals surface area contributed by atoms with E-state index in [1.165, 1.54) is 24.8 Å². The number of rotatable bonds is 4. The lowest BCUT2D eigenvalue weighted by molar-refractivity contribution is -0.114. The number of nitrogens with zero attached hydrogens (tertiary/aromatic N) is 2. The summed E-state index contributed by atoms with van der Waals surface area (Å²) in [7, 11) is 0. The molecule has 0 unspecified atom stereocenters. The van der Waals surface area contributed by atoms with Crippen LogP contribution < -0.4 is 10.7 Å². The van der Waals surface area contributed by atoms with Crippen molar-refractivity contribution in [1.29, 1.82) is 0 Å². The van der Waals surface area contributed by atoms with Gasteiger partial charge in [0.15, 0.2) is 5.71 Å². The Balaban J connectivity index is 1.49. The molecule has 144 valence electrons. The first-order chi connectivity index (χ1) is 13.6. The molecule has 0 aromatic heterocycles. The van der Waals surface area contributed by atoms with Crippen molar-refractivity contribution in [3.05, 3.63) is 63.6 Å². The van der Waals surface area contributed by atoms with Gasteiger partial charge >= 0.3 is 0 Å². The number of anilines is 1. The van der Waals surface area contributed by atoms with Crippen LogP contribution in [-0.4, -0.2) is 35.5 Å². The Morgan fingerprint density at radius 2 is 1.71 bits per heavy atom. The second-order valence-electron chi connectivity index (χ2n) is 7.08. The van der Waals surface area contributed by atoms with Crippen LogP contribution in [0.2, 0.25) is 0 Å². The molecule has 2 aromatic carbocycles. The van der Waals surface area contributed by atoms with Gasteiger partial charge in [0.05, 0.1) is 5.69 Å². The van der Waals surface area contributed by atoms with Gasteiger partial charge in [0.25, 0.3) is 11.8 Å². The number of carbonyl (C=O) groups excluding carboxylic acids is 2. The van der Waals surface area contributed by atoms with Crippen LogP contribution in [0, 0.1) is 0 Å². The molecule has 1 saturated heterocycles. The number of likely N-dealkylation sites (tertiary alicyclic amines) is 1. The van der Waals surface area contributed by atoms with Gasteiger partial charge in [0.2, 0.25) is 0 Å². The van der Waals surface area contributed by atoms with Gasteiger partial charge in [-0.1, -0.05) is 34.5 Å². The largest absolute Gasteiger partial charge is 0.299 e. The highest BCUT2D eigenvalue weighted by Crippen LogP contribution is 2.21. The van der Waals surface area contributed by atoms with Gasteiger partial charge in [-0.05, 0) is 61.8 Å². The first-order valence-corrected chi connectivity index (χ1v) is 10.2. The van der Waals surface area contributed by atoms with E-state index in [1.807, 2.05) is 12.1 Å². The molecule has 2 aromatic rings. The van der Waals surface area contributed by atoms with Crippen molar-refractivity contribution in [2.75, 3.05) is 18.5 Å². The first-order valence-electron chi connectivity index (χ1n) is 9.41. The summed E-state index contributed by atoms with van der Waals surface area (Å²) in [5, 5.41) is 6.59. The number of hydrogen-bond acceptors (Lipinski definition) is 5. The lowest BCUT2D eigenvalue weighted by atomic mass is 9.98. The van der Waals surface area contributed by atoms with E-state index in [9.17, 15) is 9.59 Å². The minimum atomic E-state index is -0.509. The maximum atomic E-state index is 12.3. The summed E-state index contributed by atoms with van der Waals surface area (Å²) in [6.07, 6.45) is 3.89. The SMILES string of the molecule is O=C1NC(=O)c2ccc(Br)cc2C1=NNc1ccc(CN2CCCCC2)cc1. The summed E-state index contributed by atoms with van der Waals surface area (Å²) in [6.45, 7) is 3.29. The fourth-order valence-electron chi connectivity index (χ4n) is 3.55. The van der Waals surface area contributed by atoms with Crippen molar-refractivity contribution in [2.45, 2.75) is 25.8 Å². The van der Waals surface area contributed by atoms with E-state index < -0.39 is 11.8 Å². The van der Waals surface area contributed by atoms with Crippen molar-refractivity contribution >= 4 is 39.1 Å². The van der Waals surface area contributed by atoms with Crippen LogP contribution in [-0.2, 0) is 11.3 Å². The number of carbonyl (C=O) groups is 2. The third-order valence-corrected chi connectivity index (χ3v) is 5.52. The summed E-state index contributed by atoms with van der Waals surface area (Å²) in [6, 6.07) is 13.2. The molecule has 0 bridgehead atoms. The molecule has 2 N–H and O–H groups in total. The molecular weight excluding hydrogens is 420 g/mol. The van der Waals surface area contributed by atoms with E-state index in [0.29, 0.717) is 11.1 Å². The Morgan fingerprint density at radius 3 is 2.46 bits per heavy atom. The van der Waals surface area contributed by atoms with E-state index in [0.717, 1.165) is 29.8 Å². The summed E-state index contributed by atoms with van der Waals surface area (Å²) in [5.41, 5.74) is 6.12. The maximum Gasteiger partial charge on any atom is 0.279 e. The van der Waals surface area contributed by atoms with Crippen molar-refractivity contribution in [2.24, 2.45) is 5.10 Å². The van der Waals surface area contributed by atoms with Crippen LogP contribution in [0.15, 0.2) is 52.0 Å². The van der Waals surface area contributed by atoms with Gasteiger partial charge in [0.1, 0.15) is 0 Å². The predicted molar refractivity (Wildman–Crippen MR) is 112 cm³/mol. The number of halogens is 1. The van der Waals surface area contributed by atoms with Crippen molar-refractivity contribution in [3.8, 4) is 0 Å². The Labute approximate surface area is 172 Å². The molecule has 0 aliphatic carbocycles. The summed E-state index contributed by atoms with van der Waals surface area (Å²) < 4.78 is 0.781. The zero-order valence-corrected chi connectivity index (χ0v) is 17.0. The lowest BCUT2D eigenvalue weighted by Gasteiger charge is -2.26. The third-order valence-electron chi connectivity index (χ3n) is 5.03. The van der Waals surface area contributed by atoms with Crippen LogP contribution in [0.1, 0.15) is 40.7 Å². The lowest BCUT2D eigenvalue weighted by Crippen LogP contribution is -2.42. The molecule has 0 spiro atoms. The molecular formula is C21H21BrN4O2. The quantitative estimate of drug-likeness (QED) is 0.563. The van der Waals surface area contributed by atoms with E-state index in [2.05, 4.69) is 48.8 Å². The number of nitrogens with one attached hydrogen (secondary N) is 2. The molecule has 4 rings (SSSR count). The van der Waals surface area contributed by atoms with Crippen molar-refractivity contribution < 1.29 is 9.59 Å². The zero-order valence-electron chi connectivity index (χ0n) is 15.4. The Hall–Kier alpha value is -2.51. The fraction of sp³-hybridized carbons (Fsp3) is 0.286. The number of fused-ring (bicyclic) bond motifs is 1. The molecule has 7 heteroatoms. The first kappa shape index (κ1) is 18.8. The maximum absolute atomic E-state index is 12.3. The van der Waals surface area contributed by atoms with Gasteiger partial charge in [-0.25, -0.2) is 0 Å². The molecule has 1 fully saturated rings. The highest BCUT2D eigenvalue weighted by molar-refractivity contribution is 9.10. The standard InChI is InChI=1S/C21H21BrN4O2/c22-15-6-9-17-18(12-15)19(21(28)23-20(17)27)25-24-16-7-4-14(5-8-16)13-26-10-2-1-3-11-26/h4-9,12,24H,1-3,10-11,13H2,(H,23,27,28). The number of hydrazone groups is 1. The number of imide groups is 1. The van der Waals surface area contributed by atoms with Crippen LogP contribution in [0.3, 0.4) is 0 Å². The number of piperidine rings is 1. The van der Waals surface area contributed by atoms with E-state index in [1.54, 1.807) is 18.2 Å². The smallest absolute Gasteiger partial charge is 0.279 e. The average Bonchev–Trinajstić information content (AvgIpc) is 2.69. The monoisotopic (exact) mass is 440 g/mol. The molecule has 2 aliphatic rings. The normalized spacial score (nSPS) is 18.7. The average molecular weight is 441 g/mol. The molecule has 0 atom stereocenters. The highest BCUT2D eigenvalue weighted by Gasteiger charge is 2.29. The van der Waals surface area contributed by atoms with E-state index in [-0.39, 0.29) is 5.71 Å². The molecule has 6 nitrogen and oxygen atoms in total. The Bertz CT molecular complexity index is 934. The fourth-order valence-corrected chi connectivity index (χ4v) is 3.92. The van der Waals surface area contributed by atoms with Crippen LogP contribution in [0.25, 0.3) is 0 Å². The summed E-state index contributed by atoms with van der Waals surface area (Å²) in [4.78, 5) is 26.7. The minimum Gasteiger partial charge on any atom is -0.299 e. The molecule has 0 saturated carbocycles.